The number of amides is 2. The van der Waals surface area contributed by atoms with E-state index < -0.39 is 11.9 Å². The molecule has 0 spiro atoms. The van der Waals surface area contributed by atoms with Crippen LogP contribution in [0.2, 0.25) is 0 Å². The van der Waals surface area contributed by atoms with Gasteiger partial charge in [-0.15, -0.1) is 0 Å². The molecule has 6 nitrogen and oxygen atoms in total. The predicted octanol–water partition coefficient (Wildman–Crippen LogP) is -0.0680. The quantitative estimate of drug-likeness (QED) is 0.745. The highest BCUT2D eigenvalue weighted by Gasteiger charge is 2.33. The van der Waals surface area contributed by atoms with Crippen molar-refractivity contribution in [3.8, 4) is 0 Å². The summed E-state index contributed by atoms with van der Waals surface area (Å²) in [5.74, 6) is -1.37. The van der Waals surface area contributed by atoms with Crippen LogP contribution in [0.4, 0.5) is 0 Å². The molecule has 18 heavy (non-hydrogen) atoms. The highest BCUT2D eigenvalue weighted by Crippen LogP contribution is 2.18. The molecule has 0 aromatic carbocycles. The Morgan fingerprint density at radius 2 is 1.94 bits per heavy atom. The smallest absolute Gasteiger partial charge is 0.308 e. The second-order valence-corrected chi connectivity index (χ2v) is 4.92. The largest absolute Gasteiger partial charge is 0.481 e. The zero-order valence-corrected chi connectivity index (χ0v) is 10.3. The van der Waals surface area contributed by atoms with Crippen LogP contribution in [-0.2, 0) is 14.4 Å². The lowest BCUT2D eigenvalue weighted by molar-refractivity contribution is -0.141. The van der Waals surface area contributed by atoms with Crippen molar-refractivity contribution in [2.24, 2.45) is 5.92 Å². The van der Waals surface area contributed by atoms with Crippen LogP contribution in [0.3, 0.4) is 0 Å². The molecule has 0 aromatic heterocycles. The van der Waals surface area contributed by atoms with Crippen LogP contribution in [0.1, 0.15) is 25.7 Å². The van der Waals surface area contributed by atoms with Crippen molar-refractivity contribution in [2.75, 3.05) is 26.2 Å². The SMILES string of the molecule is O=C(O)C1CC(=O)N(CCCN2CCCC2=O)C1. The van der Waals surface area contributed by atoms with Crippen LogP contribution >= 0.6 is 0 Å². The monoisotopic (exact) mass is 254 g/mol. The van der Waals surface area contributed by atoms with E-state index in [1.54, 1.807) is 4.90 Å². The maximum atomic E-state index is 11.6. The normalized spacial score (nSPS) is 24.1. The van der Waals surface area contributed by atoms with E-state index in [4.69, 9.17) is 5.11 Å². The topological polar surface area (TPSA) is 77.9 Å². The first-order valence-corrected chi connectivity index (χ1v) is 6.36. The Labute approximate surface area is 106 Å². The number of hydrogen-bond acceptors (Lipinski definition) is 3. The fourth-order valence-corrected chi connectivity index (χ4v) is 2.55. The summed E-state index contributed by atoms with van der Waals surface area (Å²) in [6, 6.07) is 0. The third kappa shape index (κ3) is 2.80. The predicted molar refractivity (Wildman–Crippen MR) is 62.8 cm³/mol. The van der Waals surface area contributed by atoms with Crippen LogP contribution in [0.15, 0.2) is 0 Å². The molecule has 2 saturated heterocycles. The molecule has 0 aromatic rings. The van der Waals surface area contributed by atoms with E-state index in [0.717, 1.165) is 19.4 Å². The third-order valence-corrected chi connectivity index (χ3v) is 3.59. The Kier molecular flexibility index (Phi) is 3.84. The summed E-state index contributed by atoms with van der Waals surface area (Å²) in [5.41, 5.74) is 0. The van der Waals surface area contributed by atoms with E-state index in [-0.39, 0.29) is 18.2 Å². The van der Waals surface area contributed by atoms with E-state index in [1.165, 1.54) is 0 Å². The molecular weight excluding hydrogens is 236 g/mol. The van der Waals surface area contributed by atoms with Crippen LogP contribution < -0.4 is 0 Å². The van der Waals surface area contributed by atoms with Gasteiger partial charge in [0.15, 0.2) is 0 Å². The van der Waals surface area contributed by atoms with Crippen LogP contribution in [-0.4, -0.2) is 58.9 Å². The summed E-state index contributed by atoms with van der Waals surface area (Å²) in [4.78, 5) is 37.1. The van der Waals surface area contributed by atoms with Gasteiger partial charge in [0.1, 0.15) is 0 Å². The van der Waals surface area contributed by atoms with Crippen molar-refractivity contribution in [1.82, 2.24) is 9.80 Å². The lowest BCUT2D eigenvalue weighted by Crippen LogP contribution is -2.32. The maximum Gasteiger partial charge on any atom is 0.308 e. The van der Waals surface area contributed by atoms with Gasteiger partial charge in [-0.05, 0) is 12.8 Å². The molecule has 1 N–H and O–H groups in total. The number of hydrogen-bond donors (Lipinski definition) is 1. The highest BCUT2D eigenvalue weighted by molar-refractivity contribution is 5.86. The Hall–Kier alpha value is -1.59. The Morgan fingerprint density at radius 1 is 1.22 bits per heavy atom. The Balaban J connectivity index is 1.72. The molecule has 100 valence electrons. The number of likely N-dealkylation sites (tertiary alicyclic amines) is 2. The van der Waals surface area contributed by atoms with Gasteiger partial charge in [-0.3, -0.25) is 14.4 Å². The van der Waals surface area contributed by atoms with Crippen molar-refractivity contribution in [1.29, 1.82) is 0 Å². The standard InChI is InChI=1S/C12H18N2O4/c15-10-3-1-4-13(10)5-2-6-14-8-9(12(17)18)7-11(14)16/h9H,1-8H2,(H,17,18). The number of carbonyl (C=O) groups excluding carboxylic acids is 2. The summed E-state index contributed by atoms with van der Waals surface area (Å²) in [6.45, 7) is 2.33. The van der Waals surface area contributed by atoms with Crippen molar-refractivity contribution < 1.29 is 19.5 Å². The number of carboxylic acid groups (broad SMARTS) is 1. The van der Waals surface area contributed by atoms with Crippen molar-refractivity contribution in [3.63, 3.8) is 0 Å². The van der Waals surface area contributed by atoms with Gasteiger partial charge in [0.05, 0.1) is 5.92 Å². The summed E-state index contributed by atoms with van der Waals surface area (Å²) in [7, 11) is 0. The summed E-state index contributed by atoms with van der Waals surface area (Å²) >= 11 is 0. The van der Waals surface area contributed by atoms with E-state index in [9.17, 15) is 14.4 Å². The molecule has 1 atom stereocenters. The lowest BCUT2D eigenvalue weighted by atomic mass is 10.1. The first kappa shape index (κ1) is 12.9. The van der Waals surface area contributed by atoms with E-state index in [0.29, 0.717) is 26.1 Å². The minimum atomic E-state index is -0.902. The molecule has 2 aliphatic rings. The molecule has 2 amide bonds. The van der Waals surface area contributed by atoms with Crippen LogP contribution in [0.25, 0.3) is 0 Å². The number of rotatable bonds is 5. The fourth-order valence-electron chi connectivity index (χ4n) is 2.55. The fraction of sp³-hybridized carbons (Fsp3) is 0.750. The minimum Gasteiger partial charge on any atom is -0.481 e. The first-order chi connectivity index (χ1) is 8.58. The molecule has 0 saturated carbocycles. The molecule has 1 unspecified atom stereocenters. The zero-order chi connectivity index (χ0) is 13.1. The second-order valence-electron chi connectivity index (χ2n) is 4.92. The minimum absolute atomic E-state index is 0.0878. The van der Waals surface area contributed by atoms with Gasteiger partial charge in [0, 0.05) is 39.0 Å². The van der Waals surface area contributed by atoms with Gasteiger partial charge in [-0.25, -0.2) is 0 Å². The van der Waals surface area contributed by atoms with Crippen molar-refractivity contribution >= 4 is 17.8 Å². The van der Waals surface area contributed by atoms with Crippen molar-refractivity contribution in [2.45, 2.75) is 25.7 Å². The van der Waals surface area contributed by atoms with E-state index in [1.807, 2.05) is 4.90 Å². The molecular formula is C12H18N2O4. The Morgan fingerprint density at radius 3 is 2.50 bits per heavy atom. The number of carboxylic acids is 1. The van der Waals surface area contributed by atoms with Crippen LogP contribution in [0, 0.1) is 5.92 Å². The molecule has 2 aliphatic heterocycles. The van der Waals surface area contributed by atoms with E-state index in [2.05, 4.69) is 0 Å². The molecule has 2 fully saturated rings. The molecule has 6 heteroatoms. The lowest BCUT2D eigenvalue weighted by Gasteiger charge is -2.19. The summed E-state index contributed by atoms with van der Waals surface area (Å²) < 4.78 is 0. The van der Waals surface area contributed by atoms with Crippen LogP contribution in [0.5, 0.6) is 0 Å². The average molecular weight is 254 g/mol. The Bertz CT molecular complexity index is 369. The highest BCUT2D eigenvalue weighted by atomic mass is 16.4. The van der Waals surface area contributed by atoms with Crippen molar-refractivity contribution in [3.05, 3.63) is 0 Å². The number of carbonyl (C=O) groups is 3. The average Bonchev–Trinajstić information content (AvgIpc) is 2.87. The van der Waals surface area contributed by atoms with Gasteiger partial charge < -0.3 is 14.9 Å². The number of nitrogens with zero attached hydrogens (tertiary/aromatic N) is 2. The van der Waals surface area contributed by atoms with Gasteiger partial charge >= 0.3 is 5.97 Å². The van der Waals surface area contributed by atoms with Gasteiger partial charge in [-0.2, -0.15) is 0 Å². The zero-order valence-electron chi connectivity index (χ0n) is 10.3. The van der Waals surface area contributed by atoms with E-state index >= 15 is 0 Å². The third-order valence-electron chi connectivity index (χ3n) is 3.59. The summed E-state index contributed by atoms with van der Waals surface area (Å²) in [5, 5.41) is 8.85. The van der Waals surface area contributed by atoms with Gasteiger partial charge in [-0.1, -0.05) is 0 Å². The first-order valence-electron chi connectivity index (χ1n) is 6.36. The molecule has 0 aliphatic carbocycles. The molecule has 2 heterocycles. The van der Waals surface area contributed by atoms with Gasteiger partial charge in [0.25, 0.3) is 0 Å². The second kappa shape index (κ2) is 5.37. The summed E-state index contributed by atoms with van der Waals surface area (Å²) in [6.07, 6.45) is 2.38. The van der Waals surface area contributed by atoms with Gasteiger partial charge in [0.2, 0.25) is 11.8 Å². The molecule has 0 bridgehead atoms. The number of aliphatic carboxylic acids is 1. The molecule has 2 rings (SSSR count). The maximum absolute atomic E-state index is 11.6. The molecule has 0 radical (unpaired) electrons.